The van der Waals surface area contributed by atoms with Crippen molar-refractivity contribution in [2.24, 2.45) is 0 Å². The van der Waals surface area contributed by atoms with E-state index in [1.807, 2.05) is 4.90 Å². The fourth-order valence-corrected chi connectivity index (χ4v) is 3.20. The van der Waals surface area contributed by atoms with Gasteiger partial charge in [-0.2, -0.15) is 0 Å². The van der Waals surface area contributed by atoms with Crippen LogP contribution in [-0.2, 0) is 0 Å². The number of likely N-dealkylation sites (tertiary alicyclic amines) is 1. The van der Waals surface area contributed by atoms with Gasteiger partial charge in [-0.25, -0.2) is 0 Å². The molecule has 1 unspecified atom stereocenters. The topological polar surface area (TPSA) is 20.3 Å². The van der Waals surface area contributed by atoms with Gasteiger partial charge in [-0.3, -0.25) is 4.79 Å². The first-order chi connectivity index (χ1) is 8.13. The summed E-state index contributed by atoms with van der Waals surface area (Å²) in [6.07, 6.45) is 3.25. The van der Waals surface area contributed by atoms with E-state index in [-0.39, 0.29) is 5.91 Å². The predicted molar refractivity (Wildman–Crippen MR) is 73.5 cm³/mol. The molecule has 1 saturated heterocycles. The van der Waals surface area contributed by atoms with Crippen LogP contribution in [0, 0.1) is 0 Å². The first-order valence-electron chi connectivity index (χ1n) is 5.89. The van der Waals surface area contributed by atoms with Crippen LogP contribution in [0.5, 0.6) is 0 Å². The van der Waals surface area contributed by atoms with Gasteiger partial charge >= 0.3 is 0 Å². The molecule has 1 atom stereocenters. The van der Waals surface area contributed by atoms with Crippen LogP contribution in [0.4, 0.5) is 0 Å². The van der Waals surface area contributed by atoms with Crippen molar-refractivity contribution in [3.63, 3.8) is 0 Å². The van der Waals surface area contributed by atoms with E-state index < -0.39 is 0 Å². The van der Waals surface area contributed by atoms with Gasteiger partial charge in [-0.15, -0.1) is 0 Å². The summed E-state index contributed by atoms with van der Waals surface area (Å²) in [4.78, 5) is 14.4. The Morgan fingerprint density at radius 1 is 1.59 bits per heavy atom. The number of benzene rings is 1. The van der Waals surface area contributed by atoms with Gasteiger partial charge in [0.25, 0.3) is 5.91 Å². The smallest absolute Gasteiger partial charge is 0.255 e. The Kier molecular flexibility index (Phi) is 4.10. The van der Waals surface area contributed by atoms with E-state index in [2.05, 4.69) is 22.9 Å². The van der Waals surface area contributed by atoms with E-state index in [1.165, 1.54) is 0 Å². The third-order valence-electron chi connectivity index (χ3n) is 3.27. The molecule has 0 aromatic heterocycles. The van der Waals surface area contributed by atoms with Crippen LogP contribution in [0.3, 0.4) is 0 Å². The van der Waals surface area contributed by atoms with Crippen LogP contribution < -0.4 is 0 Å². The largest absolute Gasteiger partial charge is 0.336 e. The van der Waals surface area contributed by atoms with Gasteiger partial charge < -0.3 is 4.90 Å². The highest BCUT2D eigenvalue weighted by atomic mass is 79.9. The zero-order valence-electron chi connectivity index (χ0n) is 9.75. The zero-order chi connectivity index (χ0) is 12.4. The second-order valence-electron chi connectivity index (χ2n) is 4.33. The molecule has 2 nitrogen and oxygen atoms in total. The summed E-state index contributed by atoms with van der Waals surface area (Å²) in [5.41, 5.74) is 0.703. The van der Waals surface area contributed by atoms with E-state index in [0.717, 1.165) is 30.3 Å². The lowest BCUT2D eigenvalue weighted by molar-refractivity contribution is 0.0733. The van der Waals surface area contributed by atoms with Gasteiger partial charge in [0.1, 0.15) is 0 Å². The maximum absolute atomic E-state index is 12.4. The number of carbonyl (C=O) groups excluding carboxylic acids is 1. The van der Waals surface area contributed by atoms with Crippen molar-refractivity contribution >= 4 is 33.4 Å². The summed E-state index contributed by atoms with van der Waals surface area (Å²) in [6, 6.07) is 5.72. The van der Waals surface area contributed by atoms with Crippen LogP contribution in [0.15, 0.2) is 22.7 Å². The number of nitrogens with zero attached hydrogens (tertiary/aromatic N) is 1. The lowest BCUT2D eigenvalue weighted by atomic mass is 10.1. The van der Waals surface area contributed by atoms with E-state index in [9.17, 15) is 4.79 Å². The third-order valence-corrected chi connectivity index (χ3v) is 4.16. The lowest BCUT2D eigenvalue weighted by Gasteiger charge is -2.24. The standard InChI is InChI=1S/C13H15BrClNO/c1-2-10-4-3-7-16(10)13(17)11-6-5-9(15)8-12(11)14/h5-6,8,10H,2-4,7H2,1H3. The number of halogens is 2. The second-order valence-corrected chi connectivity index (χ2v) is 5.62. The Morgan fingerprint density at radius 2 is 2.35 bits per heavy atom. The molecule has 17 heavy (non-hydrogen) atoms. The highest BCUT2D eigenvalue weighted by molar-refractivity contribution is 9.10. The van der Waals surface area contributed by atoms with Crippen molar-refractivity contribution in [1.82, 2.24) is 4.90 Å². The Morgan fingerprint density at radius 3 is 3.00 bits per heavy atom. The minimum atomic E-state index is 0.109. The summed E-state index contributed by atoms with van der Waals surface area (Å²) >= 11 is 9.29. The number of carbonyl (C=O) groups is 1. The molecule has 0 N–H and O–H groups in total. The lowest BCUT2D eigenvalue weighted by Crippen LogP contribution is -2.35. The zero-order valence-corrected chi connectivity index (χ0v) is 12.1. The fraction of sp³-hybridized carbons (Fsp3) is 0.462. The maximum Gasteiger partial charge on any atom is 0.255 e. The molecule has 92 valence electrons. The number of amides is 1. The number of rotatable bonds is 2. The average molecular weight is 317 g/mol. The van der Waals surface area contributed by atoms with Crippen LogP contribution in [0.25, 0.3) is 0 Å². The summed E-state index contributed by atoms with van der Waals surface area (Å²) in [5, 5.41) is 0.641. The van der Waals surface area contributed by atoms with Gasteiger partial charge in [-0.05, 0) is 53.4 Å². The summed E-state index contributed by atoms with van der Waals surface area (Å²) in [7, 11) is 0. The van der Waals surface area contributed by atoms with Gasteiger partial charge in [-0.1, -0.05) is 18.5 Å². The Balaban J connectivity index is 2.24. The molecule has 0 radical (unpaired) electrons. The first-order valence-corrected chi connectivity index (χ1v) is 7.06. The van der Waals surface area contributed by atoms with Gasteiger partial charge in [0.2, 0.25) is 0 Å². The monoisotopic (exact) mass is 315 g/mol. The van der Waals surface area contributed by atoms with Gasteiger partial charge in [0.15, 0.2) is 0 Å². The summed E-state index contributed by atoms with van der Waals surface area (Å²) in [6.45, 7) is 3.00. The molecule has 1 amide bonds. The van der Waals surface area contributed by atoms with Gasteiger partial charge in [0, 0.05) is 22.1 Å². The molecule has 1 aliphatic heterocycles. The van der Waals surface area contributed by atoms with Crippen molar-refractivity contribution in [3.8, 4) is 0 Å². The Bertz CT molecular complexity index is 435. The fourth-order valence-electron chi connectivity index (χ4n) is 2.35. The van der Waals surface area contributed by atoms with Crippen LogP contribution in [-0.4, -0.2) is 23.4 Å². The number of hydrogen-bond acceptors (Lipinski definition) is 1. The predicted octanol–water partition coefficient (Wildman–Crippen LogP) is 4.12. The molecular formula is C13H15BrClNO. The highest BCUT2D eigenvalue weighted by Gasteiger charge is 2.28. The Hall–Kier alpha value is -0.540. The Labute approximate surface area is 115 Å². The van der Waals surface area contributed by atoms with Crippen LogP contribution >= 0.6 is 27.5 Å². The molecule has 1 fully saturated rings. The summed E-state index contributed by atoms with van der Waals surface area (Å²) < 4.78 is 0.775. The molecule has 1 heterocycles. The highest BCUT2D eigenvalue weighted by Crippen LogP contribution is 2.27. The molecule has 0 saturated carbocycles. The van der Waals surface area contributed by atoms with Crippen molar-refractivity contribution in [3.05, 3.63) is 33.3 Å². The van der Waals surface area contributed by atoms with E-state index in [0.29, 0.717) is 16.6 Å². The molecule has 1 aromatic rings. The van der Waals surface area contributed by atoms with Crippen molar-refractivity contribution in [2.75, 3.05) is 6.54 Å². The van der Waals surface area contributed by atoms with Crippen molar-refractivity contribution < 1.29 is 4.79 Å². The van der Waals surface area contributed by atoms with Crippen LogP contribution in [0.2, 0.25) is 5.02 Å². The van der Waals surface area contributed by atoms with Crippen LogP contribution in [0.1, 0.15) is 36.5 Å². The quantitative estimate of drug-likeness (QED) is 0.804. The molecule has 0 aliphatic carbocycles. The third kappa shape index (κ3) is 2.66. The van der Waals surface area contributed by atoms with Crippen molar-refractivity contribution in [2.45, 2.75) is 32.2 Å². The van der Waals surface area contributed by atoms with E-state index in [4.69, 9.17) is 11.6 Å². The van der Waals surface area contributed by atoms with E-state index >= 15 is 0 Å². The number of hydrogen-bond donors (Lipinski definition) is 0. The minimum absolute atomic E-state index is 0.109. The average Bonchev–Trinajstić information content (AvgIpc) is 2.76. The maximum atomic E-state index is 12.4. The molecule has 1 aliphatic rings. The molecular weight excluding hydrogens is 302 g/mol. The van der Waals surface area contributed by atoms with Crippen molar-refractivity contribution in [1.29, 1.82) is 0 Å². The second kappa shape index (κ2) is 5.40. The molecule has 0 spiro atoms. The SMILES string of the molecule is CCC1CCCN1C(=O)c1ccc(Cl)cc1Br. The molecule has 4 heteroatoms. The normalized spacial score (nSPS) is 19.7. The first kappa shape index (κ1) is 12.9. The minimum Gasteiger partial charge on any atom is -0.336 e. The molecule has 2 rings (SSSR count). The van der Waals surface area contributed by atoms with E-state index in [1.54, 1.807) is 18.2 Å². The molecule has 0 bridgehead atoms. The summed E-state index contributed by atoms with van der Waals surface area (Å²) in [5.74, 6) is 0.109. The molecule has 1 aromatic carbocycles. The van der Waals surface area contributed by atoms with Gasteiger partial charge in [0.05, 0.1) is 5.56 Å².